The van der Waals surface area contributed by atoms with Crippen LogP contribution in [-0.2, 0) is 11.2 Å². The number of allylic oxidation sites excluding steroid dienone is 3. The third kappa shape index (κ3) is 8.29. The minimum Gasteiger partial charge on any atom is -0.492 e. The Hall–Kier alpha value is -2.95. The largest absolute Gasteiger partial charge is 0.492 e. The molecule has 172 valence electrons. The van der Waals surface area contributed by atoms with Gasteiger partial charge >= 0.3 is 5.97 Å². The lowest BCUT2D eigenvalue weighted by Gasteiger charge is -2.17. The second-order valence-electron chi connectivity index (χ2n) is 8.05. The fourth-order valence-corrected chi connectivity index (χ4v) is 3.66. The van der Waals surface area contributed by atoms with Gasteiger partial charge in [-0.2, -0.15) is 5.26 Å². The Morgan fingerprint density at radius 3 is 2.56 bits per heavy atom. The van der Waals surface area contributed by atoms with E-state index in [-0.39, 0.29) is 12.2 Å². The molecule has 3 unspecified atom stereocenters. The molecule has 0 radical (unpaired) electrons. The van der Waals surface area contributed by atoms with Gasteiger partial charge < -0.3 is 15.6 Å². The van der Waals surface area contributed by atoms with Crippen molar-refractivity contribution in [1.29, 1.82) is 5.26 Å². The second kappa shape index (κ2) is 12.8. The maximum atomic E-state index is 13.0. The van der Waals surface area contributed by atoms with E-state index < -0.39 is 11.9 Å². The van der Waals surface area contributed by atoms with E-state index >= 15 is 0 Å². The predicted octanol–water partition coefficient (Wildman–Crippen LogP) is 3.71. The molecule has 1 saturated carbocycles. The second-order valence-corrected chi connectivity index (χ2v) is 8.05. The van der Waals surface area contributed by atoms with Crippen LogP contribution in [0.2, 0.25) is 0 Å². The molecule has 0 amide bonds. The maximum absolute atomic E-state index is 13.0. The third-order valence-corrected chi connectivity index (χ3v) is 5.55. The van der Waals surface area contributed by atoms with Crippen molar-refractivity contribution in [1.82, 2.24) is 4.90 Å². The molecule has 0 spiro atoms. The van der Waals surface area contributed by atoms with E-state index in [0.29, 0.717) is 18.9 Å². The Morgan fingerprint density at radius 2 is 2.06 bits per heavy atom. The van der Waals surface area contributed by atoms with Gasteiger partial charge in [-0.05, 0) is 67.0 Å². The molecule has 3 atom stereocenters. The number of halogens is 1. The van der Waals surface area contributed by atoms with Gasteiger partial charge in [-0.3, -0.25) is 9.69 Å². The first kappa shape index (κ1) is 25.3. The highest BCUT2D eigenvalue weighted by Crippen LogP contribution is 2.44. The van der Waals surface area contributed by atoms with E-state index in [9.17, 15) is 9.18 Å². The fraction of sp³-hybridized carbons (Fsp3) is 0.440. The summed E-state index contributed by atoms with van der Waals surface area (Å²) in [6, 6.07) is 8.72. The number of rotatable bonds is 10. The highest BCUT2D eigenvalue weighted by atomic mass is 19.1. The Labute approximate surface area is 189 Å². The first-order valence-electron chi connectivity index (χ1n) is 10.8. The number of fused-ring (bicyclic) bond motifs is 1. The molecular formula is C25H32FN3O3. The number of nitrogens with zero attached hydrogens (tertiary/aromatic N) is 2. The van der Waals surface area contributed by atoms with Crippen LogP contribution in [0, 0.1) is 29.1 Å². The Morgan fingerprint density at radius 1 is 1.41 bits per heavy atom. The van der Waals surface area contributed by atoms with E-state index in [0.717, 1.165) is 29.5 Å². The minimum absolute atomic E-state index is 0.197. The SMILES string of the molecule is C=C/C(F)=C\C(=C/C)CN1CC2CC2C1.N#CC(Cc1ccc(OCCN)cc1)C(=O)O. The molecule has 1 saturated heterocycles. The van der Waals surface area contributed by atoms with Crippen LogP contribution in [0.3, 0.4) is 0 Å². The van der Waals surface area contributed by atoms with Crippen LogP contribution < -0.4 is 10.5 Å². The lowest BCUT2D eigenvalue weighted by Crippen LogP contribution is -2.24. The minimum atomic E-state index is -1.10. The van der Waals surface area contributed by atoms with Gasteiger partial charge in [0.1, 0.15) is 24.1 Å². The van der Waals surface area contributed by atoms with Crippen molar-refractivity contribution < 1.29 is 19.0 Å². The number of hydrogen-bond acceptors (Lipinski definition) is 5. The summed E-state index contributed by atoms with van der Waals surface area (Å²) >= 11 is 0. The van der Waals surface area contributed by atoms with Gasteiger partial charge in [0.15, 0.2) is 0 Å². The molecule has 7 heteroatoms. The number of carboxylic acid groups (broad SMARTS) is 1. The smallest absolute Gasteiger partial charge is 0.321 e. The summed E-state index contributed by atoms with van der Waals surface area (Å²) in [5.41, 5.74) is 7.14. The van der Waals surface area contributed by atoms with Crippen LogP contribution in [0.1, 0.15) is 18.9 Å². The van der Waals surface area contributed by atoms with E-state index in [1.165, 1.54) is 25.6 Å². The molecule has 3 rings (SSSR count). The molecule has 2 aliphatic rings. The van der Waals surface area contributed by atoms with Gasteiger partial charge in [-0.25, -0.2) is 4.39 Å². The fourth-order valence-electron chi connectivity index (χ4n) is 3.66. The molecule has 0 bridgehead atoms. The molecule has 3 N–H and O–H groups in total. The van der Waals surface area contributed by atoms with E-state index in [1.54, 1.807) is 36.4 Å². The van der Waals surface area contributed by atoms with Crippen LogP contribution in [0.4, 0.5) is 4.39 Å². The van der Waals surface area contributed by atoms with Crippen molar-refractivity contribution in [2.24, 2.45) is 23.5 Å². The molecule has 1 aromatic carbocycles. The first-order valence-corrected chi connectivity index (χ1v) is 10.8. The van der Waals surface area contributed by atoms with Crippen LogP contribution in [0.25, 0.3) is 0 Å². The first-order chi connectivity index (χ1) is 15.4. The highest BCUT2D eigenvalue weighted by Gasteiger charge is 2.44. The van der Waals surface area contributed by atoms with Crippen molar-refractivity contribution in [3.8, 4) is 11.8 Å². The Kier molecular flexibility index (Phi) is 10.1. The summed E-state index contributed by atoms with van der Waals surface area (Å²) in [6.07, 6.45) is 6.43. The van der Waals surface area contributed by atoms with Gasteiger partial charge in [0.05, 0.1) is 6.07 Å². The lowest BCUT2D eigenvalue weighted by molar-refractivity contribution is -0.139. The summed E-state index contributed by atoms with van der Waals surface area (Å²) in [7, 11) is 0. The number of aliphatic carboxylic acids is 1. The van der Waals surface area contributed by atoms with Gasteiger partial charge in [0.25, 0.3) is 0 Å². The maximum Gasteiger partial charge on any atom is 0.321 e. The average molecular weight is 442 g/mol. The summed E-state index contributed by atoms with van der Waals surface area (Å²) < 4.78 is 18.3. The van der Waals surface area contributed by atoms with Gasteiger partial charge in [-0.15, -0.1) is 0 Å². The monoisotopic (exact) mass is 441 g/mol. The number of carbonyl (C=O) groups is 1. The molecule has 32 heavy (non-hydrogen) atoms. The lowest BCUT2D eigenvalue weighted by atomic mass is 10.0. The quantitative estimate of drug-likeness (QED) is 0.537. The van der Waals surface area contributed by atoms with Crippen LogP contribution in [0.5, 0.6) is 5.75 Å². The van der Waals surface area contributed by atoms with Crippen molar-refractivity contribution >= 4 is 5.97 Å². The molecule has 1 heterocycles. The molecule has 1 aliphatic heterocycles. The zero-order chi connectivity index (χ0) is 23.5. The number of carboxylic acids is 1. The predicted molar refractivity (Wildman–Crippen MR) is 123 cm³/mol. The summed E-state index contributed by atoms with van der Waals surface area (Å²) in [5.74, 6) is 0.213. The third-order valence-electron chi connectivity index (χ3n) is 5.55. The van der Waals surface area contributed by atoms with E-state index in [4.69, 9.17) is 20.8 Å². The van der Waals surface area contributed by atoms with Gasteiger partial charge in [0.2, 0.25) is 0 Å². The van der Waals surface area contributed by atoms with E-state index in [1.807, 2.05) is 13.0 Å². The zero-order valence-electron chi connectivity index (χ0n) is 18.5. The van der Waals surface area contributed by atoms with Crippen molar-refractivity contribution in [2.45, 2.75) is 19.8 Å². The Bertz CT molecular complexity index is 863. The van der Waals surface area contributed by atoms with Gasteiger partial charge in [-0.1, -0.05) is 24.8 Å². The van der Waals surface area contributed by atoms with Crippen molar-refractivity contribution in [2.75, 3.05) is 32.8 Å². The number of nitriles is 1. The molecule has 1 aliphatic carbocycles. The van der Waals surface area contributed by atoms with Gasteiger partial charge in [0, 0.05) is 26.2 Å². The average Bonchev–Trinajstić information content (AvgIpc) is 3.41. The van der Waals surface area contributed by atoms with Crippen molar-refractivity contribution in [3.63, 3.8) is 0 Å². The number of nitrogens with two attached hydrogens (primary N) is 1. The van der Waals surface area contributed by atoms with Crippen molar-refractivity contribution in [3.05, 3.63) is 66.0 Å². The topological polar surface area (TPSA) is 99.6 Å². The summed E-state index contributed by atoms with van der Waals surface area (Å²) in [4.78, 5) is 13.1. The van der Waals surface area contributed by atoms with Crippen LogP contribution in [-0.4, -0.2) is 48.8 Å². The zero-order valence-corrected chi connectivity index (χ0v) is 18.5. The molecule has 2 fully saturated rings. The number of likely N-dealkylation sites (tertiary alicyclic amines) is 1. The number of benzene rings is 1. The number of piperidine rings is 1. The Balaban J connectivity index is 0.000000228. The molecule has 0 aromatic heterocycles. The standard InChI is InChI=1S/C13H18FN.C12H14N2O3/c1-3-10(5-13(14)4-2)7-15-8-11-6-12(11)9-15;13-5-6-17-11-3-1-9(2-4-11)7-10(8-14)12(15)16/h3-5,11-12H,2,6-9H2,1H3;1-4,10H,5-7,13H2,(H,15,16)/b10-3+,13-5+;. The van der Waals surface area contributed by atoms with Crippen LogP contribution >= 0.6 is 0 Å². The molecule has 1 aromatic rings. The number of ether oxygens (including phenoxy) is 1. The van der Waals surface area contributed by atoms with E-state index in [2.05, 4.69) is 11.5 Å². The number of hydrogen-bond donors (Lipinski definition) is 2. The highest BCUT2D eigenvalue weighted by molar-refractivity contribution is 5.73. The molecular weight excluding hydrogens is 409 g/mol. The normalized spacial score (nSPS) is 20.9. The molecule has 6 nitrogen and oxygen atoms in total. The summed E-state index contributed by atoms with van der Waals surface area (Å²) in [6.45, 7) is 9.53. The summed E-state index contributed by atoms with van der Waals surface area (Å²) in [5, 5.41) is 17.4. The van der Waals surface area contributed by atoms with Crippen LogP contribution in [0.15, 0.2) is 60.5 Å².